The Balaban J connectivity index is 1.85. The predicted octanol–water partition coefficient (Wildman–Crippen LogP) is 2.72. The second kappa shape index (κ2) is 3.82. The average molecular weight is 260 g/mol. The molecule has 1 aliphatic carbocycles. The van der Waals surface area contributed by atoms with Gasteiger partial charge in [0, 0.05) is 19.6 Å². The van der Waals surface area contributed by atoms with Gasteiger partial charge in [0.2, 0.25) is 5.95 Å². The number of anilines is 2. The molecule has 2 aromatic rings. The molecule has 4 rings (SSSR count). The predicted molar refractivity (Wildman–Crippen MR) is 75.4 cm³/mol. The zero-order valence-corrected chi connectivity index (χ0v) is 11.2. The van der Waals surface area contributed by atoms with Crippen molar-refractivity contribution in [3.05, 3.63) is 11.4 Å². The van der Waals surface area contributed by atoms with E-state index in [1.54, 1.807) is 11.3 Å². The Morgan fingerprint density at radius 1 is 1.39 bits per heavy atom. The maximum absolute atomic E-state index is 4.70. The lowest BCUT2D eigenvalue weighted by molar-refractivity contribution is 0.551. The molecule has 94 valence electrons. The number of hydrogen-bond acceptors (Lipinski definition) is 5. The summed E-state index contributed by atoms with van der Waals surface area (Å²) in [5.74, 6) is 2.76. The van der Waals surface area contributed by atoms with Gasteiger partial charge < -0.3 is 10.2 Å². The van der Waals surface area contributed by atoms with Crippen LogP contribution >= 0.6 is 11.3 Å². The molecule has 1 saturated heterocycles. The highest BCUT2D eigenvalue weighted by Gasteiger charge is 2.39. The monoisotopic (exact) mass is 260 g/mol. The van der Waals surface area contributed by atoms with E-state index in [-0.39, 0.29) is 0 Å². The Morgan fingerprint density at radius 3 is 3.06 bits per heavy atom. The molecule has 1 aliphatic heterocycles. The molecule has 2 aromatic heterocycles. The van der Waals surface area contributed by atoms with Gasteiger partial charge in [-0.3, -0.25) is 0 Å². The number of thiophene rings is 1. The fourth-order valence-corrected chi connectivity index (χ4v) is 4.11. The van der Waals surface area contributed by atoms with Gasteiger partial charge in [-0.1, -0.05) is 0 Å². The number of rotatable bonds is 2. The third-order valence-corrected chi connectivity index (χ3v) is 5.02. The first-order chi connectivity index (χ1) is 8.85. The van der Waals surface area contributed by atoms with Crippen LogP contribution < -0.4 is 10.2 Å². The third-order valence-electron chi connectivity index (χ3n) is 4.21. The van der Waals surface area contributed by atoms with Crippen LogP contribution in [-0.2, 0) is 0 Å². The number of hydrogen-bond donors (Lipinski definition) is 1. The van der Waals surface area contributed by atoms with E-state index in [1.165, 1.54) is 31.2 Å². The number of fused-ring (bicyclic) bond motifs is 3. The molecule has 0 radical (unpaired) electrons. The van der Waals surface area contributed by atoms with Crippen LogP contribution in [0.2, 0.25) is 0 Å². The van der Waals surface area contributed by atoms with Crippen LogP contribution in [0.15, 0.2) is 11.4 Å². The molecule has 18 heavy (non-hydrogen) atoms. The smallest absolute Gasteiger partial charge is 0.225 e. The van der Waals surface area contributed by atoms with Gasteiger partial charge in [-0.25, -0.2) is 4.98 Å². The number of nitrogens with zero attached hydrogens (tertiary/aromatic N) is 3. The molecule has 2 bridgehead atoms. The lowest BCUT2D eigenvalue weighted by Gasteiger charge is -2.28. The fraction of sp³-hybridized carbons (Fsp3) is 0.538. The molecule has 2 fully saturated rings. The minimum atomic E-state index is 0.706. The molecule has 2 aliphatic rings. The first-order valence-corrected chi connectivity index (χ1v) is 7.43. The molecule has 2 unspecified atom stereocenters. The van der Waals surface area contributed by atoms with Crippen molar-refractivity contribution in [2.45, 2.75) is 25.3 Å². The van der Waals surface area contributed by atoms with E-state index in [0.29, 0.717) is 6.04 Å². The Hall–Kier alpha value is -1.36. The van der Waals surface area contributed by atoms with Crippen LogP contribution in [0, 0.1) is 5.92 Å². The largest absolute Gasteiger partial charge is 0.357 e. The zero-order valence-electron chi connectivity index (χ0n) is 10.4. The van der Waals surface area contributed by atoms with Gasteiger partial charge in [-0.05, 0) is 36.6 Å². The molecule has 3 heterocycles. The van der Waals surface area contributed by atoms with Gasteiger partial charge in [0.1, 0.15) is 10.6 Å². The van der Waals surface area contributed by atoms with Crippen LogP contribution in [0.5, 0.6) is 0 Å². The molecule has 1 saturated carbocycles. The first kappa shape index (κ1) is 10.6. The lowest BCUT2D eigenvalue weighted by atomic mass is 10.1. The van der Waals surface area contributed by atoms with Gasteiger partial charge in [-0.2, -0.15) is 4.98 Å². The SMILES string of the molecule is CNc1nc(N2CC3CCC2C3)c2ccsc2n1. The number of nitrogens with one attached hydrogen (secondary N) is 1. The topological polar surface area (TPSA) is 41.1 Å². The van der Waals surface area contributed by atoms with E-state index in [1.807, 2.05) is 7.05 Å². The summed E-state index contributed by atoms with van der Waals surface area (Å²) < 4.78 is 0. The Morgan fingerprint density at radius 2 is 2.33 bits per heavy atom. The summed E-state index contributed by atoms with van der Waals surface area (Å²) in [6, 6.07) is 2.86. The summed E-state index contributed by atoms with van der Waals surface area (Å²) >= 11 is 1.69. The third kappa shape index (κ3) is 1.43. The maximum atomic E-state index is 4.70. The van der Waals surface area contributed by atoms with E-state index < -0.39 is 0 Å². The number of piperidine rings is 1. The Kier molecular flexibility index (Phi) is 2.24. The standard InChI is InChI=1S/C13H16N4S/c1-14-13-15-11(10-4-5-18-12(10)16-13)17-7-8-2-3-9(17)6-8/h4-5,8-9H,2-3,6-7H2,1H3,(H,14,15,16). The van der Waals surface area contributed by atoms with Crippen LogP contribution in [0.4, 0.5) is 11.8 Å². The van der Waals surface area contributed by atoms with Crippen molar-refractivity contribution >= 4 is 33.3 Å². The zero-order chi connectivity index (χ0) is 12.1. The first-order valence-electron chi connectivity index (χ1n) is 6.55. The van der Waals surface area contributed by atoms with E-state index in [9.17, 15) is 0 Å². The molecular formula is C13H16N4S. The van der Waals surface area contributed by atoms with Crippen molar-refractivity contribution < 1.29 is 0 Å². The van der Waals surface area contributed by atoms with Gasteiger partial charge in [0.15, 0.2) is 0 Å². The Labute approximate surface area is 110 Å². The van der Waals surface area contributed by atoms with E-state index in [4.69, 9.17) is 4.98 Å². The second-order valence-electron chi connectivity index (χ2n) is 5.25. The van der Waals surface area contributed by atoms with Crippen molar-refractivity contribution in [2.24, 2.45) is 5.92 Å². The van der Waals surface area contributed by atoms with Gasteiger partial charge in [-0.15, -0.1) is 11.3 Å². The molecule has 0 amide bonds. The molecule has 4 nitrogen and oxygen atoms in total. The summed E-state index contributed by atoms with van der Waals surface area (Å²) in [4.78, 5) is 12.8. The summed E-state index contributed by atoms with van der Waals surface area (Å²) in [6.07, 6.45) is 4.08. The molecule has 1 N–H and O–H groups in total. The van der Waals surface area contributed by atoms with Crippen molar-refractivity contribution in [1.29, 1.82) is 0 Å². The quantitative estimate of drug-likeness (QED) is 0.901. The number of aromatic nitrogens is 2. The van der Waals surface area contributed by atoms with Crippen LogP contribution in [0.1, 0.15) is 19.3 Å². The fourth-order valence-electron chi connectivity index (χ4n) is 3.35. The van der Waals surface area contributed by atoms with Crippen molar-refractivity contribution in [3.8, 4) is 0 Å². The summed E-state index contributed by atoms with van der Waals surface area (Å²) in [6.45, 7) is 1.18. The van der Waals surface area contributed by atoms with Crippen LogP contribution in [0.25, 0.3) is 10.2 Å². The normalized spacial score (nSPS) is 26.2. The molecule has 2 atom stereocenters. The highest BCUT2D eigenvalue weighted by atomic mass is 32.1. The van der Waals surface area contributed by atoms with Crippen molar-refractivity contribution in [2.75, 3.05) is 23.8 Å². The van der Waals surface area contributed by atoms with Gasteiger partial charge in [0.25, 0.3) is 0 Å². The average Bonchev–Trinajstić information content (AvgIpc) is 3.12. The molecular weight excluding hydrogens is 244 g/mol. The summed E-state index contributed by atoms with van der Waals surface area (Å²) in [7, 11) is 1.88. The summed E-state index contributed by atoms with van der Waals surface area (Å²) in [5.41, 5.74) is 0. The van der Waals surface area contributed by atoms with E-state index in [2.05, 4.69) is 26.6 Å². The maximum Gasteiger partial charge on any atom is 0.225 e. The van der Waals surface area contributed by atoms with Gasteiger partial charge >= 0.3 is 0 Å². The van der Waals surface area contributed by atoms with E-state index >= 15 is 0 Å². The molecule has 0 spiro atoms. The minimum absolute atomic E-state index is 0.706. The van der Waals surface area contributed by atoms with Crippen molar-refractivity contribution in [1.82, 2.24) is 9.97 Å². The summed E-state index contributed by atoms with van der Waals surface area (Å²) in [5, 5.41) is 6.40. The highest BCUT2D eigenvalue weighted by Crippen LogP contribution is 2.42. The second-order valence-corrected chi connectivity index (χ2v) is 6.14. The lowest BCUT2D eigenvalue weighted by Crippen LogP contribution is -2.32. The van der Waals surface area contributed by atoms with Gasteiger partial charge in [0.05, 0.1) is 5.39 Å². The molecule has 0 aromatic carbocycles. The Bertz CT molecular complexity index is 594. The van der Waals surface area contributed by atoms with Crippen LogP contribution in [0.3, 0.4) is 0 Å². The van der Waals surface area contributed by atoms with Crippen molar-refractivity contribution in [3.63, 3.8) is 0 Å². The van der Waals surface area contributed by atoms with E-state index in [0.717, 1.165) is 22.5 Å². The highest BCUT2D eigenvalue weighted by molar-refractivity contribution is 7.16. The molecule has 5 heteroatoms. The van der Waals surface area contributed by atoms with Crippen LogP contribution in [-0.4, -0.2) is 29.6 Å². The minimum Gasteiger partial charge on any atom is -0.357 e.